The van der Waals surface area contributed by atoms with Gasteiger partial charge < -0.3 is 29.3 Å². The largest absolute Gasteiger partial charge is 0.477 e. The molecule has 2 unspecified atom stereocenters. The summed E-state index contributed by atoms with van der Waals surface area (Å²) in [5.74, 6) is 8.64. The van der Waals surface area contributed by atoms with Gasteiger partial charge in [-0.05, 0) is 177 Å². The van der Waals surface area contributed by atoms with Gasteiger partial charge in [0.15, 0.2) is 6.79 Å². The van der Waals surface area contributed by atoms with E-state index in [1.165, 1.54) is 41.5 Å². The summed E-state index contributed by atoms with van der Waals surface area (Å²) in [5, 5.41) is 24.6. The van der Waals surface area contributed by atoms with E-state index >= 15 is 0 Å². The number of aliphatic hydroxyl groups is 2. The number of benzene rings is 1. The molecule has 7 saturated carbocycles. The molecule has 8 aliphatic rings. The van der Waals surface area contributed by atoms with Crippen LogP contribution in [0, 0.1) is 75.4 Å². The van der Waals surface area contributed by atoms with Crippen LogP contribution in [0.4, 0.5) is 5.69 Å². The first-order valence-electron chi connectivity index (χ1n) is 28.5. The SMILES string of the molecule is C=CCOP(=O)(OCC=C)OCO[C@@H]1C[C@@H]2C[C@@H](OCCN(C)c3ccc([C@H]4C[C@@]5(C)C(CC[C@@]5(O)C#CC)C5CC=C6CC(=O)CCC6=C54)cc3)CC[C@]2(C)[C@H]2C[C@H](O)[C@]3(C)[C@@H]([C@H](C)CCC(=O)OC)CC[C@H]3[C@H]12. The highest BCUT2D eigenvalue weighted by Crippen LogP contribution is 2.70. The average Bonchev–Trinajstić information content (AvgIpc) is 3.89. The minimum atomic E-state index is -3.97. The number of likely N-dealkylation sites (N-methyl/N-ethyl adjacent to an activating group) is 1. The summed E-state index contributed by atoms with van der Waals surface area (Å²) in [6.45, 7) is 19.5. The third-order valence-corrected chi connectivity index (χ3v) is 22.8. The number of Topliss-reactive ketones (excluding diaryl/α,β-unsaturated/α-hetero) is 1. The molecule has 7 fully saturated rings. The van der Waals surface area contributed by atoms with E-state index in [0.717, 1.165) is 82.9 Å². The molecular formula is C62H88NO11P. The van der Waals surface area contributed by atoms with Crippen molar-refractivity contribution < 1.29 is 52.1 Å². The van der Waals surface area contributed by atoms with E-state index < -0.39 is 19.5 Å². The number of carbonyl (C=O) groups is 2. The predicted octanol–water partition coefficient (Wildman–Crippen LogP) is 11.9. The van der Waals surface area contributed by atoms with Crippen LogP contribution in [0.25, 0.3) is 0 Å². The fraction of sp³-hybridized carbons (Fsp3) is 0.710. The zero-order chi connectivity index (χ0) is 53.5. The Morgan fingerprint density at radius 3 is 2.41 bits per heavy atom. The van der Waals surface area contributed by atoms with Gasteiger partial charge >= 0.3 is 13.8 Å². The van der Waals surface area contributed by atoms with E-state index in [1.807, 2.05) is 6.92 Å². The number of phosphoric ester groups is 1. The van der Waals surface area contributed by atoms with Crippen molar-refractivity contribution >= 4 is 25.3 Å². The highest BCUT2D eigenvalue weighted by Gasteiger charge is 2.67. The molecule has 0 aromatic heterocycles. The summed E-state index contributed by atoms with van der Waals surface area (Å²) in [6, 6.07) is 9.07. The summed E-state index contributed by atoms with van der Waals surface area (Å²) < 4.78 is 49.1. The summed E-state index contributed by atoms with van der Waals surface area (Å²) in [6.07, 6.45) is 17.4. The van der Waals surface area contributed by atoms with Crippen molar-refractivity contribution in [3.8, 4) is 11.8 Å². The molecule has 412 valence electrons. The van der Waals surface area contributed by atoms with Gasteiger partial charge in [-0.3, -0.25) is 23.2 Å². The number of nitrogens with zero attached hydrogens (tertiary/aromatic N) is 1. The number of methoxy groups -OCH3 is 1. The first-order valence-corrected chi connectivity index (χ1v) is 30.0. The number of hydrogen-bond acceptors (Lipinski definition) is 12. The van der Waals surface area contributed by atoms with Gasteiger partial charge in [0, 0.05) is 49.9 Å². The second-order valence-corrected chi connectivity index (χ2v) is 26.4. The van der Waals surface area contributed by atoms with Gasteiger partial charge in [0.2, 0.25) is 0 Å². The molecule has 0 saturated heterocycles. The van der Waals surface area contributed by atoms with Crippen LogP contribution in [0.2, 0.25) is 0 Å². The van der Waals surface area contributed by atoms with Crippen molar-refractivity contribution in [1.29, 1.82) is 0 Å². The number of esters is 1. The fourth-order valence-corrected chi connectivity index (χ4v) is 18.4. The molecule has 0 amide bonds. The van der Waals surface area contributed by atoms with Crippen LogP contribution in [-0.2, 0) is 41.9 Å². The zero-order valence-corrected chi connectivity index (χ0v) is 47.1. The average molecular weight is 1050 g/mol. The van der Waals surface area contributed by atoms with Crippen molar-refractivity contribution in [2.45, 2.75) is 167 Å². The Morgan fingerprint density at radius 1 is 0.960 bits per heavy atom. The van der Waals surface area contributed by atoms with E-state index in [9.17, 15) is 24.4 Å². The van der Waals surface area contributed by atoms with E-state index in [1.54, 1.807) is 0 Å². The van der Waals surface area contributed by atoms with E-state index in [4.69, 9.17) is 27.8 Å². The summed E-state index contributed by atoms with van der Waals surface area (Å²) in [5.41, 5.74) is 4.82. The van der Waals surface area contributed by atoms with Crippen LogP contribution >= 0.6 is 7.82 Å². The van der Waals surface area contributed by atoms with Gasteiger partial charge in [-0.25, -0.2) is 4.57 Å². The van der Waals surface area contributed by atoms with Gasteiger partial charge in [0.25, 0.3) is 0 Å². The Kier molecular flexibility index (Phi) is 17.1. The number of ketones is 1. The number of carbonyl (C=O) groups excluding carboxylic acids is 2. The summed E-state index contributed by atoms with van der Waals surface area (Å²) in [4.78, 5) is 27.2. The maximum atomic E-state index is 13.6. The molecule has 1 aromatic rings. The molecule has 9 rings (SSSR count). The lowest BCUT2D eigenvalue weighted by Gasteiger charge is -2.64. The van der Waals surface area contributed by atoms with Gasteiger partial charge in [-0.15, -0.1) is 19.1 Å². The Labute approximate surface area is 448 Å². The van der Waals surface area contributed by atoms with Gasteiger partial charge in [0.05, 0.1) is 45.2 Å². The molecule has 0 heterocycles. The quantitative estimate of drug-likeness (QED) is 0.0421. The van der Waals surface area contributed by atoms with Crippen molar-refractivity contribution in [1.82, 2.24) is 0 Å². The number of hydrogen-bond donors (Lipinski definition) is 2. The van der Waals surface area contributed by atoms with E-state index in [0.29, 0.717) is 56.3 Å². The lowest BCUT2D eigenvalue weighted by Crippen LogP contribution is -2.63. The number of aliphatic hydroxyl groups excluding tert-OH is 1. The standard InChI is InChI=1S/C62H88NO11P/c1-10-27-62(67)29-26-51-48-20-16-42-34-45(64)19-21-47(42)57(48)49(38-60(51,62)6)41-14-17-44(18-15-41)63(8)30-33-70-46-25-28-59(5)43(35-46)36-54(71-39-74-75(68,72-31-11-2)73-32-12-3)58-52-23-22-50(40(4)13-24-56(66)69-9)61(52,7)55(65)37-53(58)59/h11-12,14-18,40,43,46,48-55,58,65,67H,2-3,13,19-26,28-39H2,1,4-9H3/t40-,43+,46+,48?,49-,50-,51?,52+,53+,54-,55+,58+,59+,60+,61-,62+/m1/s1. The smallest absolute Gasteiger partial charge is 0.469 e. The minimum absolute atomic E-state index is 0.00689. The van der Waals surface area contributed by atoms with E-state index in [-0.39, 0.29) is 95.9 Å². The number of phosphoric acid groups is 1. The van der Waals surface area contributed by atoms with Crippen molar-refractivity contribution in [2.75, 3.05) is 52.2 Å². The lowest BCUT2D eigenvalue weighted by atomic mass is 9.43. The highest BCUT2D eigenvalue weighted by atomic mass is 31.2. The first kappa shape index (κ1) is 56.4. The third kappa shape index (κ3) is 10.5. The zero-order valence-electron chi connectivity index (χ0n) is 46.2. The first-order chi connectivity index (χ1) is 35.9. The lowest BCUT2D eigenvalue weighted by molar-refractivity contribution is -0.228. The summed E-state index contributed by atoms with van der Waals surface area (Å²) >= 11 is 0. The molecular weight excluding hydrogens is 966 g/mol. The normalized spacial score (nSPS) is 38.3. The molecule has 8 aliphatic carbocycles. The van der Waals surface area contributed by atoms with Crippen molar-refractivity contribution in [3.05, 3.63) is 77.9 Å². The van der Waals surface area contributed by atoms with Crippen molar-refractivity contribution in [2.24, 2.45) is 63.6 Å². The second-order valence-electron chi connectivity index (χ2n) is 24.7. The Bertz CT molecular complexity index is 2440. The molecule has 2 N–H and O–H groups in total. The second kappa shape index (κ2) is 22.8. The molecule has 12 nitrogen and oxygen atoms in total. The third-order valence-electron chi connectivity index (χ3n) is 21.4. The van der Waals surface area contributed by atoms with Gasteiger partial charge in [-0.2, -0.15) is 0 Å². The molecule has 75 heavy (non-hydrogen) atoms. The Morgan fingerprint density at radius 2 is 1.71 bits per heavy atom. The maximum Gasteiger partial charge on any atom is 0.477 e. The topological polar surface area (TPSA) is 150 Å². The van der Waals surface area contributed by atoms with Gasteiger partial charge in [0.1, 0.15) is 11.4 Å². The Balaban J connectivity index is 0.881. The predicted molar refractivity (Wildman–Crippen MR) is 291 cm³/mol. The molecule has 0 bridgehead atoms. The van der Waals surface area contributed by atoms with Crippen LogP contribution in [-0.4, -0.2) is 93.2 Å². The molecule has 0 aliphatic heterocycles. The highest BCUT2D eigenvalue weighted by molar-refractivity contribution is 7.48. The number of fused-ring (bicyclic) bond motifs is 9. The maximum absolute atomic E-state index is 13.6. The van der Waals surface area contributed by atoms with Crippen molar-refractivity contribution in [3.63, 3.8) is 0 Å². The van der Waals surface area contributed by atoms with Gasteiger partial charge in [-0.1, -0.05) is 69.5 Å². The molecule has 16 atom stereocenters. The van der Waals surface area contributed by atoms with Crippen LogP contribution in [0.5, 0.6) is 0 Å². The molecule has 0 spiro atoms. The molecule has 0 radical (unpaired) electrons. The van der Waals surface area contributed by atoms with Crippen LogP contribution in [0.1, 0.15) is 149 Å². The number of rotatable bonds is 20. The number of anilines is 1. The molecule has 1 aromatic carbocycles. The van der Waals surface area contributed by atoms with Crippen LogP contribution in [0.3, 0.4) is 0 Å². The minimum Gasteiger partial charge on any atom is -0.469 e. The number of ether oxygens (including phenoxy) is 3. The number of allylic oxidation sites excluding steroid dienone is 4. The molecule has 13 heteroatoms. The Hall–Kier alpha value is -3.37. The fourth-order valence-electron chi connectivity index (χ4n) is 17.4. The summed E-state index contributed by atoms with van der Waals surface area (Å²) in [7, 11) is -0.398. The van der Waals surface area contributed by atoms with Crippen LogP contribution < -0.4 is 4.90 Å². The monoisotopic (exact) mass is 1050 g/mol. The van der Waals surface area contributed by atoms with Crippen LogP contribution in [0.15, 0.2) is 72.4 Å². The van der Waals surface area contributed by atoms with E-state index in [2.05, 4.69) is 95.0 Å².